The van der Waals surface area contributed by atoms with Crippen molar-refractivity contribution in [3.05, 3.63) is 36.0 Å². The Morgan fingerprint density at radius 3 is 2.55 bits per heavy atom. The fraction of sp³-hybridized carbons (Fsp3) is 0.286. The normalized spacial score (nSPS) is 22.4. The van der Waals surface area contributed by atoms with E-state index in [1.165, 1.54) is 0 Å². The van der Waals surface area contributed by atoms with Gasteiger partial charge >= 0.3 is 0 Å². The molecule has 1 aliphatic rings. The van der Waals surface area contributed by atoms with Crippen LogP contribution in [-0.2, 0) is 0 Å². The minimum absolute atomic E-state index is 0.258. The number of anilines is 1. The molecule has 3 rings (SSSR count). The fourth-order valence-corrected chi connectivity index (χ4v) is 2.75. The summed E-state index contributed by atoms with van der Waals surface area (Å²) < 4.78 is 0. The Hall–Kier alpha value is -1.76. The maximum Gasteiger partial charge on any atom is 0.107 e. The zero-order valence-electron chi connectivity index (χ0n) is 10.7. The van der Waals surface area contributed by atoms with E-state index in [-0.39, 0.29) is 4.99 Å². The number of nitrogens with two attached hydrogens (primary N) is 1. The Balaban J connectivity index is 2.20. The molecular formula is C14H15N3O2S. The smallest absolute Gasteiger partial charge is 0.107 e. The molecule has 1 fully saturated rings. The van der Waals surface area contributed by atoms with Crippen LogP contribution in [0.2, 0.25) is 0 Å². The Morgan fingerprint density at radius 1 is 1.25 bits per heavy atom. The predicted molar refractivity (Wildman–Crippen MR) is 81.9 cm³/mol. The van der Waals surface area contributed by atoms with Crippen LogP contribution >= 0.6 is 12.2 Å². The molecule has 0 radical (unpaired) electrons. The first kappa shape index (κ1) is 13.2. The molecule has 2 aromatic rings. The van der Waals surface area contributed by atoms with Gasteiger partial charge in [-0.3, -0.25) is 4.98 Å². The molecule has 2 atom stereocenters. The van der Waals surface area contributed by atoms with Crippen LogP contribution in [0.15, 0.2) is 30.5 Å². The van der Waals surface area contributed by atoms with Crippen LogP contribution in [-0.4, -0.2) is 45.5 Å². The van der Waals surface area contributed by atoms with Crippen molar-refractivity contribution in [2.24, 2.45) is 5.73 Å². The Morgan fingerprint density at radius 2 is 1.90 bits per heavy atom. The Labute approximate surface area is 121 Å². The van der Waals surface area contributed by atoms with Crippen molar-refractivity contribution in [1.29, 1.82) is 0 Å². The first-order valence-corrected chi connectivity index (χ1v) is 6.77. The molecule has 0 amide bonds. The minimum atomic E-state index is -0.763. The molecular weight excluding hydrogens is 274 g/mol. The van der Waals surface area contributed by atoms with Gasteiger partial charge in [-0.15, -0.1) is 0 Å². The van der Waals surface area contributed by atoms with Crippen molar-refractivity contribution in [1.82, 2.24) is 4.98 Å². The van der Waals surface area contributed by atoms with Crippen LogP contribution in [0, 0.1) is 0 Å². The molecule has 20 heavy (non-hydrogen) atoms. The van der Waals surface area contributed by atoms with Crippen molar-refractivity contribution in [3.63, 3.8) is 0 Å². The molecule has 0 bridgehead atoms. The molecule has 0 aliphatic carbocycles. The van der Waals surface area contributed by atoms with Crippen molar-refractivity contribution in [3.8, 4) is 0 Å². The lowest BCUT2D eigenvalue weighted by molar-refractivity contribution is 0.0572. The highest BCUT2D eigenvalue weighted by Crippen LogP contribution is 2.32. The van der Waals surface area contributed by atoms with E-state index in [1.54, 1.807) is 6.20 Å². The van der Waals surface area contributed by atoms with Gasteiger partial charge in [-0.1, -0.05) is 30.4 Å². The van der Waals surface area contributed by atoms with E-state index in [9.17, 15) is 10.2 Å². The minimum Gasteiger partial charge on any atom is -0.389 e. The molecule has 1 saturated heterocycles. The average Bonchev–Trinajstić information content (AvgIpc) is 2.77. The zero-order chi connectivity index (χ0) is 14.3. The summed E-state index contributed by atoms with van der Waals surface area (Å²) in [6.45, 7) is 0.704. The summed E-state index contributed by atoms with van der Waals surface area (Å²) in [7, 11) is 0. The van der Waals surface area contributed by atoms with Crippen molar-refractivity contribution in [2.45, 2.75) is 12.2 Å². The van der Waals surface area contributed by atoms with Gasteiger partial charge in [0.1, 0.15) is 4.99 Å². The van der Waals surface area contributed by atoms with Gasteiger partial charge in [0.15, 0.2) is 0 Å². The second kappa shape index (κ2) is 4.97. The molecule has 2 heterocycles. The van der Waals surface area contributed by atoms with E-state index in [2.05, 4.69) is 4.98 Å². The Kier molecular flexibility index (Phi) is 3.29. The SMILES string of the molecule is NC(=S)c1cnc2ccccc2c1N1CC(O)C(O)C1. The summed E-state index contributed by atoms with van der Waals surface area (Å²) in [5.74, 6) is 0. The van der Waals surface area contributed by atoms with Crippen LogP contribution in [0.25, 0.3) is 10.9 Å². The first-order valence-electron chi connectivity index (χ1n) is 6.36. The number of pyridine rings is 1. The summed E-state index contributed by atoms with van der Waals surface area (Å²) in [4.78, 5) is 6.52. The highest BCUT2D eigenvalue weighted by molar-refractivity contribution is 7.80. The molecule has 0 spiro atoms. The molecule has 2 unspecified atom stereocenters. The van der Waals surface area contributed by atoms with E-state index in [0.29, 0.717) is 18.7 Å². The third-order valence-corrected chi connectivity index (χ3v) is 3.81. The lowest BCUT2D eigenvalue weighted by Crippen LogP contribution is -2.25. The number of aliphatic hydroxyl groups is 2. The number of aromatic nitrogens is 1. The van der Waals surface area contributed by atoms with E-state index in [4.69, 9.17) is 18.0 Å². The van der Waals surface area contributed by atoms with Gasteiger partial charge in [0.25, 0.3) is 0 Å². The molecule has 1 aromatic heterocycles. The zero-order valence-corrected chi connectivity index (χ0v) is 11.5. The van der Waals surface area contributed by atoms with E-state index in [1.807, 2.05) is 29.2 Å². The molecule has 4 N–H and O–H groups in total. The lowest BCUT2D eigenvalue weighted by atomic mass is 10.1. The fourth-order valence-electron chi connectivity index (χ4n) is 2.60. The van der Waals surface area contributed by atoms with Crippen LogP contribution in [0.1, 0.15) is 5.56 Å². The number of para-hydroxylation sites is 1. The van der Waals surface area contributed by atoms with Gasteiger partial charge in [-0.25, -0.2) is 0 Å². The quantitative estimate of drug-likeness (QED) is 0.695. The summed E-state index contributed by atoms with van der Waals surface area (Å²) >= 11 is 5.09. The maximum atomic E-state index is 9.76. The molecule has 5 nitrogen and oxygen atoms in total. The molecule has 6 heteroatoms. The van der Waals surface area contributed by atoms with Crippen molar-refractivity contribution >= 4 is 33.8 Å². The second-order valence-electron chi connectivity index (χ2n) is 4.94. The van der Waals surface area contributed by atoms with Crippen molar-refractivity contribution < 1.29 is 10.2 Å². The lowest BCUT2D eigenvalue weighted by Gasteiger charge is -2.22. The highest BCUT2D eigenvalue weighted by atomic mass is 32.1. The average molecular weight is 289 g/mol. The van der Waals surface area contributed by atoms with E-state index < -0.39 is 12.2 Å². The number of hydrogen-bond donors (Lipinski definition) is 3. The van der Waals surface area contributed by atoms with E-state index in [0.717, 1.165) is 16.6 Å². The topological polar surface area (TPSA) is 82.6 Å². The molecule has 104 valence electrons. The number of thiocarbonyl (C=S) groups is 1. The van der Waals surface area contributed by atoms with Gasteiger partial charge in [-0.2, -0.15) is 0 Å². The predicted octanol–water partition coefficient (Wildman–Crippen LogP) is 0.411. The van der Waals surface area contributed by atoms with Crippen molar-refractivity contribution in [2.75, 3.05) is 18.0 Å². The number of rotatable bonds is 2. The van der Waals surface area contributed by atoms with Gasteiger partial charge in [-0.05, 0) is 6.07 Å². The van der Waals surface area contributed by atoms with Crippen LogP contribution in [0.5, 0.6) is 0 Å². The van der Waals surface area contributed by atoms with Gasteiger partial charge in [0.05, 0.1) is 29.0 Å². The van der Waals surface area contributed by atoms with Gasteiger partial charge in [0, 0.05) is 24.7 Å². The number of hydrogen-bond acceptors (Lipinski definition) is 5. The second-order valence-corrected chi connectivity index (χ2v) is 5.38. The standard InChI is InChI=1S/C14H15N3O2S/c15-14(20)9-5-16-10-4-2-1-3-8(10)13(9)17-6-11(18)12(19)7-17/h1-5,11-12,18-19H,6-7H2,(H2,15,20). The number of β-amino-alcohol motifs (C(OH)–C–C–N with tert-alkyl or cyclic N) is 2. The molecule has 1 aromatic carbocycles. The molecule has 1 aliphatic heterocycles. The van der Waals surface area contributed by atoms with Crippen LogP contribution < -0.4 is 10.6 Å². The first-order chi connectivity index (χ1) is 9.58. The van der Waals surface area contributed by atoms with E-state index >= 15 is 0 Å². The number of aliphatic hydroxyl groups excluding tert-OH is 2. The molecule has 0 saturated carbocycles. The van der Waals surface area contributed by atoms with Gasteiger partial charge < -0.3 is 20.8 Å². The number of benzene rings is 1. The third kappa shape index (κ3) is 2.11. The highest BCUT2D eigenvalue weighted by Gasteiger charge is 2.32. The summed E-state index contributed by atoms with van der Waals surface area (Å²) in [6.07, 6.45) is 0.124. The monoisotopic (exact) mass is 289 g/mol. The largest absolute Gasteiger partial charge is 0.389 e. The maximum absolute atomic E-state index is 9.76. The number of nitrogens with zero attached hydrogens (tertiary/aromatic N) is 2. The summed E-state index contributed by atoms with van der Waals surface area (Å²) in [5, 5.41) is 20.4. The van der Waals surface area contributed by atoms with Crippen LogP contribution in [0.3, 0.4) is 0 Å². The van der Waals surface area contributed by atoms with Crippen LogP contribution in [0.4, 0.5) is 5.69 Å². The summed E-state index contributed by atoms with van der Waals surface area (Å²) in [5.41, 5.74) is 8.11. The third-order valence-electron chi connectivity index (χ3n) is 3.59. The Bertz CT molecular complexity index is 667. The number of fused-ring (bicyclic) bond motifs is 1. The summed E-state index contributed by atoms with van der Waals surface area (Å²) in [6, 6.07) is 7.68. The van der Waals surface area contributed by atoms with Gasteiger partial charge in [0.2, 0.25) is 0 Å².